The summed E-state index contributed by atoms with van der Waals surface area (Å²) in [4.78, 5) is 76.3. The zero-order valence-corrected chi connectivity index (χ0v) is 51.2. The summed E-state index contributed by atoms with van der Waals surface area (Å²) in [7, 11) is 0. The van der Waals surface area contributed by atoms with Gasteiger partial charge < -0.3 is 0 Å². The van der Waals surface area contributed by atoms with E-state index in [9.17, 15) is 19.2 Å². The first-order valence-electron chi connectivity index (χ1n) is 28.3. The Labute approximate surface area is 522 Å². The number of hydrogen-bond donors (Lipinski definition) is 0. The van der Waals surface area contributed by atoms with Crippen LogP contribution >= 0.6 is 63.7 Å². The minimum absolute atomic E-state index is 0.0827. The predicted octanol–water partition coefficient (Wildman–Crippen LogP) is 17.5. The quantitative estimate of drug-likeness (QED) is 0.108. The van der Waals surface area contributed by atoms with Gasteiger partial charge in [-0.2, -0.15) is 0 Å². The minimum Gasteiger partial charge on any atom is -0.268 e. The number of imidazole rings is 4. The molecule has 22 rings (SSSR count). The van der Waals surface area contributed by atoms with Crippen LogP contribution in [0, 0.1) is 0 Å². The number of pyridine rings is 4. The summed E-state index contributed by atoms with van der Waals surface area (Å²) in [5.74, 6) is 0. The predicted molar refractivity (Wildman–Crippen MR) is 371 cm³/mol. The Morgan fingerprint density at radius 2 is 0.455 bits per heavy atom. The van der Waals surface area contributed by atoms with Gasteiger partial charge in [0.25, 0.3) is 22.2 Å². The van der Waals surface area contributed by atoms with E-state index in [4.69, 9.17) is 19.9 Å². The van der Waals surface area contributed by atoms with Gasteiger partial charge in [-0.05, 0) is 119 Å². The number of fused-ring (bicyclic) bond motifs is 20. The summed E-state index contributed by atoms with van der Waals surface area (Å²) in [6.45, 7) is 0. The summed E-state index contributed by atoms with van der Waals surface area (Å²) >= 11 is 15.6. The zero-order chi connectivity index (χ0) is 58.3. The van der Waals surface area contributed by atoms with Gasteiger partial charge in [0, 0.05) is 109 Å². The van der Waals surface area contributed by atoms with E-state index in [1.165, 1.54) is 0 Å². The maximum absolute atomic E-state index is 14.2. The second-order valence-electron chi connectivity index (χ2n) is 23.0. The number of benzene rings is 14. The number of halogens is 4. The summed E-state index contributed by atoms with van der Waals surface area (Å²) in [6, 6.07) is 55.6. The van der Waals surface area contributed by atoms with Gasteiger partial charge in [0.1, 0.15) is 22.6 Å². The van der Waals surface area contributed by atoms with Crippen molar-refractivity contribution < 1.29 is 0 Å². The van der Waals surface area contributed by atoms with Crippen molar-refractivity contribution in [2.75, 3.05) is 0 Å². The number of para-hydroxylation sites is 8. The second-order valence-corrected chi connectivity index (χ2v) is 26.4. The topological polar surface area (TPSA) is 137 Å². The lowest BCUT2D eigenvalue weighted by molar-refractivity contribution is 1.19. The average molecular weight is 1390 g/mol. The summed E-state index contributed by atoms with van der Waals surface area (Å²) in [6.07, 6.45) is 0. The molecular formula is C72H28Br4N8O4. The SMILES string of the molecule is O=c1c2cc(Br)c3c4ccc5c(=O)n6c7ccccc7nc6c6cc(Br)c(c7ccc(c2c73)c2nc3ccccc3n12)c4c56.O=c1c2cc(Br)c3c4ccc5c6c(cc(Br)c(c7ccc(c2c73)c2nc3ccccc3n12)c46)c(=O)n1c2ccccc2nc51. The Morgan fingerprint density at radius 1 is 0.227 bits per heavy atom. The van der Waals surface area contributed by atoms with Gasteiger partial charge in [0.05, 0.1) is 60.3 Å². The van der Waals surface area contributed by atoms with Gasteiger partial charge in [-0.3, -0.25) is 36.8 Å². The fourth-order valence-corrected chi connectivity index (χ4v) is 18.1. The van der Waals surface area contributed by atoms with Crippen molar-refractivity contribution in [3.63, 3.8) is 0 Å². The molecule has 0 N–H and O–H groups in total. The van der Waals surface area contributed by atoms with Crippen LogP contribution in [0.4, 0.5) is 0 Å². The first-order chi connectivity index (χ1) is 43.0. The van der Waals surface area contributed by atoms with Gasteiger partial charge in [0.2, 0.25) is 0 Å². The smallest absolute Gasteiger partial charge is 0.264 e. The van der Waals surface area contributed by atoms with E-state index in [0.717, 1.165) is 170 Å². The van der Waals surface area contributed by atoms with Gasteiger partial charge in [-0.25, -0.2) is 19.9 Å². The Hall–Kier alpha value is -9.84. The number of nitrogens with zero attached hydrogens (tertiary/aromatic N) is 8. The highest BCUT2D eigenvalue weighted by molar-refractivity contribution is 9.11. The van der Waals surface area contributed by atoms with Gasteiger partial charge >= 0.3 is 0 Å². The molecule has 12 nitrogen and oxygen atoms in total. The molecule has 0 bridgehead atoms. The molecule has 408 valence electrons. The van der Waals surface area contributed by atoms with E-state index in [1.807, 2.05) is 121 Å². The molecule has 0 saturated carbocycles. The lowest BCUT2D eigenvalue weighted by Crippen LogP contribution is -2.14. The van der Waals surface area contributed by atoms with Crippen molar-refractivity contribution in [2.24, 2.45) is 0 Å². The minimum atomic E-state index is -0.0924. The molecule has 14 aromatic carbocycles. The largest absolute Gasteiger partial charge is 0.268 e. The number of rotatable bonds is 0. The van der Waals surface area contributed by atoms with Crippen molar-refractivity contribution in [3.8, 4) is 0 Å². The highest BCUT2D eigenvalue weighted by atomic mass is 79.9. The van der Waals surface area contributed by atoms with E-state index in [1.54, 1.807) is 17.6 Å². The molecule has 22 aromatic rings. The molecule has 16 heteroatoms. The normalized spacial score (nSPS) is 13.0. The zero-order valence-electron chi connectivity index (χ0n) is 44.9. The Bertz CT molecular complexity index is 6770. The van der Waals surface area contributed by atoms with Crippen LogP contribution in [0.5, 0.6) is 0 Å². The molecule has 0 unspecified atom stereocenters. The molecule has 88 heavy (non-hydrogen) atoms. The summed E-state index contributed by atoms with van der Waals surface area (Å²) in [5.41, 5.74) is 8.59. The van der Waals surface area contributed by atoms with Crippen molar-refractivity contribution in [1.82, 2.24) is 37.5 Å². The third kappa shape index (κ3) is 5.56. The first-order valence-corrected chi connectivity index (χ1v) is 31.5. The van der Waals surface area contributed by atoms with Crippen LogP contribution in [0.1, 0.15) is 0 Å². The van der Waals surface area contributed by atoms with Gasteiger partial charge in [0.15, 0.2) is 0 Å². The van der Waals surface area contributed by atoms with Crippen molar-refractivity contribution in [1.29, 1.82) is 0 Å². The van der Waals surface area contributed by atoms with E-state index >= 15 is 0 Å². The summed E-state index contributed by atoms with van der Waals surface area (Å²) < 4.78 is 10.3. The fourth-order valence-electron chi connectivity index (χ4n) is 15.6. The molecule has 0 aliphatic heterocycles. The van der Waals surface area contributed by atoms with Crippen LogP contribution in [-0.2, 0) is 0 Å². The second kappa shape index (κ2) is 16.2. The van der Waals surface area contributed by atoms with Crippen LogP contribution in [0.15, 0.2) is 207 Å². The molecule has 0 aliphatic rings. The molecule has 0 spiro atoms. The van der Waals surface area contributed by atoms with Crippen molar-refractivity contribution in [2.45, 2.75) is 0 Å². The highest BCUT2D eigenvalue weighted by Crippen LogP contribution is 2.52. The third-order valence-corrected chi connectivity index (χ3v) is 21.5. The Morgan fingerprint density at radius 3 is 0.761 bits per heavy atom. The van der Waals surface area contributed by atoms with E-state index in [2.05, 4.69) is 112 Å². The Balaban J connectivity index is 0.000000120. The standard InChI is InChI=1S/2C36H14Br2N4O2/c37-21-13-19-28-18(35(43)42-26-8-4-2-6-24(26)40-34(19)42)12-10-16-30-22(38)14-20-27-17(11-9-15(31(27)30)29(21)32(16)28)33-39-23-5-1-3-7-25(23)41(33)36(20)44;37-21-13-19-27-17(33-39-23-5-1-3-7-25(23)41(33)35(19)43)11-9-15-30-22(38)14-20-28-18(12-10-16(32(28)30)29(21)31(15)27)34-40-24-6-2-4-8-26(24)42(34)36(20)44/h2*1-14H. The van der Waals surface area contributed by atoms with E-state index in [-0.39, 0.29) is 22.2 Å². The molecule has 0 fully saturated rings. The van der Waals surface area contributed by atoms with Crippen LogP contribution in [-0.4, -0.2) is 37.5 Å². The van der Waals surface area contributed by atoms with Crippen LogP contribution in [0.3, 0.4) is 0 Å². The Kier molecular flexibility index (Phi) is 8.90. The molecule has 8 heterocycles. The molecule has 8 aromatic heterocycles. The maximum atomic E-state index is 14.2. The monoisotopic (exact) mass is 1380 g/mol. The molecule has 0 radical (unpaired) electrons. The van der Waals surface area contributed by atoms with Gasteiger partial charge in [-0.1, -0.05) is 137 Å². The summed E-state index contributed by atoms with van der Waals surface area (Å²) in [5, 5.41) is 21.9. The molecule has 0 aliphatic carbocycles. The molecule has 0 amide bonds. The lowest BCUT2D eigenvalue weighted by Gasteiger charge is -2.20. The maximum Gasteiger partial charge on any atom is 0.264 e. The molecular weight excluding hydrogens is 1360 g/mol. The lowest BCUT2D eigenvalue weighted by atomic mass is 9.86. The first kappa shape index (κ1) is 48.3. The number of hydrogen-bond acceptors (Lipinski definition) is 8. The molecule has 0 atom stereocenters. The number of aromatic nitrogens is 8. The average Bonchev–Trinajstić information content (AvgIpc) is 0.986. The van der Waals surface area contributed by atoms with E-state index in [0.29, 0.717) is 44.1 Å². The fraction of sp³-hybridized carbons (Fsp3) is 0. The van der Waals surface area contributed by atoms with Crippen molar-refractivity contribution in [3.05, 3.63) is 229 Å². The highest BCUT2D eigenvalue weighted by Gasteiger charge is 2.29. The van der Waals surface area contributed by atoms with Crippen LogP contribution in [0.25, 0.3) is 196 Å². The van der Waals surface area contributed by atoms with Crippen LogP contribution in [0.2, 0.25) is 0 Å². The third-order valence-electron chi connectivity index (χ3n) is 19.0. The van der Waals surface area contributed by atoms with E-state index < -0.39 is 0 Å². The van der Waals surface area contributed by atoms with Crippen LogP contribution < -0.4 is 22.2 Å². The van der Waals surface area contributed by atoms with Gasteiger partial charge in [-0.15, -0.1) is 0 Å². The molecule has 0 saturated heterocycles. The van der Waals surface area contributed by atoms with Crippen molar-refractivity contribution >= 4 is 260 Å².